The zero-order chi connectivity index (χ0) is 18.4. The van der Waals surface area contributed by atoms with Crippen LogP contribution in [-0.2, 0) is 9.47 Å². The lowest BCUT2D eigenvalue weighted by Gasteiger charge is -2.19. The summed E-state index contributed by atoms with van der Waals surface area (Å²) in [6.45, 7) is 5.30. The molecule has 2 aromatic rings. The molecule has 0 atom stereocenters. The van der Waals surface area contributed by atoms with E-state index in [0.717, 1.165) is 0 Å². The lowest BCUT2D eigenvalue weighted by atomic mass is 10.2. The molecule has 2 N–H and O–H groups in total. The summed E-state index contributed by atoms with van der Waals surface area (Å²) in [6, 6.07) is 10.1. The summed E-state index contributed by atoms with van der Waals surface area (Å²) >= 11 is 0. The molecule has 0 bridgehead atoms. The van der Waals surface area contributed by atoms with Gasteiger partial charge in [0.15, 0.2) is 11.6 Å². The van der Waals surface area contributed by atoms with Gasteiger partial charge < -0.3 is 14.8 Å². The van der Waals surface area contributed by atoms with Crippen LogP contribution in [0.25, 0.3) is 0 Å². The molecule has 1 heterocycles. The van der Waals surface area contributed by atoms with Crippen molar-refractivity contribution in [1.29, 1.82) is 0 Å². The first-order chi connectivity index (χ1) is 11.8. The number of nitrogens with zero attached hydrogens (tertiary/aromatic N) is 2. The Labute approximate surface area is 145 Å². The Balaban J connectivity index is 2.06. The minimum absolute atomic E-state index is 0.251. The zero-order valence-corrected chi connectivity index (χ0v) is 14.5. The Morgan fingerprint density at radius 2 is 1.64 bits per heavy atom. The monoisotopic (exact) mass is 344 g/mol. The van der Waals surface area contributed by atoms with Crippen LogP contribution in [0.2, 0.25) is 0 Å². The van der Waals surface area contributed by atoms with Gasteiger partial charge in [-0.2, -0.15) is 0 Å². The van der Waals surface area contributed by atoms with E-state index in [1.807, 2.05) is 0 Å². The zero-order valence-electron chi connectivity index (χ0n) is 14.5. The second-order valence-corrected chi connectivity index (χ2v) is 6.09. The van der Waals surface area contributed by atoms with Crippen molar-refractivity contribution in [1.82, 2.24) is 10.2 Å². The molecule has 0 radical (unpaired) electrons. The maximum Gasteiger partial charge on any atom is 0.413 e. The number of hydrogen-bond donors (Lipinski definition) is 2. The molecule has 1 amide bonds. The number of carbonyl (C=O) groups is 2. The molecule has 0 fully saturated rings. The highest BCUT2D eigenvalue weighted by Crippen LogP contribution is 2.20. The van der Waals surface area contributed by atoms with Gasteiger partial charge in [0.1, 0.15) is 5.60 Å². The van der Waals surface area contributed by atoms with E-state index in [4.69, 9.17) is 9.47 Å². The third kappa shape index (κ3) is 5.45. The van der Waals surface area contributed by atoms with Crippen LogP contribution in [0.5, 0.6) is 0 Å². The van der Waals surface area contributed by atoms with Gasteiger partial charge in [-0.05, 0) is 45.0 Å². The number of anilines is 3. The van der Waals surface area contributed by atoms with E-state index in [1.165, 1.54) is 7.11 Å². The van der Waals surface area contributed by atoms with Gasteiger partial charge in [0, 0.05) is 0 Å². The fourth-order valence-electron chi connectivity index (χ4n) is 1.89. The second-order valence-electron chi connectivity index (χ2n) is 6.09. The molecule has 0 aliphatic heterocycles. The van der Waals surface area contributed by atoms with Crippen LogP contribution in [0, 0.1) is 0 Å². The highest BCUT2D eigenvalue weighted by Gasteiger charge is 2.17. The standard InChI is InChI=1S/C17H20N4O4/c1-17(2,3)25-16(23)19-14-10-9-13(20-21-14)18-12-8-6-5-7-11(12)15(22)24-4/h5-10H,1-4H3,(H,18,20)(H,19,21,23). The van der Waals surface area contributed by atoms with E-state index in [-0.39, 0.29) is 5.82 Å². The van der Waals surface area contributed by atoms with Crippen molar-refractivity contribution in [3.8, 4) is 0 Å². The molecule has 0 unspecified atom stereocenters. The first kappa shape index (κ1) is 18.2. The Kier molecular flexibility index (Phi) is 5.53. The van der Waals surface area contributed by atoms with E-state index >= 15 is 0 Å². The van der Waals surface area contributed by atoms with Crippen molar-refractivity contribution in [2.75, 3.05) is 17.7 Å². The second kappa shape index (κ2) is 7.61. The molecule has 0 aliphatic rings. The normalized spacial score (nSPS) is 10.7. The maximum atomic E-state index is 11.8. The summed E-state index contributed by atoms with van der Waals surface area (Å²) in [7, 11) is 1.32. The van der Waals surface area contributed by atoms with Gasteiger partial charge in [-0.1, -0.05) is 12.1 Å². The van der Waals surface area contributed by atoms with Crippen molar-refractivity contribution >= 4 is 29.4 Å². The van der Waals surface area contributed by atoms with Gasteiger partial charge in [0.05, 0.1) is 18.4 Å². The van der Waals surface area contributed by atoms with Crippen LogP contribution >= 0.6 is 0 Å². The lowest BCUT2D eigenvalue weighted by Crippen LogP contribution is -2.27. The third-order valence-corrected chi connectivity index (χ3v) is 2.89. The number of nitrogens with one attached hydrogen (secondary N) is 2. The predicted octanol–water partition coefficient (Wildman–Crippen LogP) is 3.35. The molecule has 2 rings (SSSR count). The largest absolute Gasteiger partial charge is 0.465 e. The van der Waals surface area contributed by atoms with E-state index in [0.29, 0.717) is 17.1 Å². The number of para-hydroxylation sites is 1. The number of rotatable bonds is 4. The van der Waals surface area contributed by atoms with Crippen molar-refractivity contribution in [2.45, 2.75) is 26.4 Å². The van der Waals surface area contributed by atoms with E-state index in [2.05, 4.69) is 20.8 Å². The molecule has 0 spiro atoms. The van der Waals surface area contributed by atoms with E-state index in [9.17, 15) is 9.59 Å². The molecule has 0 aliphatic carbocycles. The van der Waals surface area contributed by atoms with Gasteiger partial charge >= 0.3 is 12.1 Å². The van der Waals surface area contributed by atoms with E-state index < -0.39 is 17.7 Å². The molecule has 132 valence electrons. The number of methoxy groups -OCH3 is 1. The highest BCUT2D eigenvalue weighted by molar-refractivity contribution is 5.96. The predicted molar refractivity (Wildman–Crippen MR) is 93.0 cm³/mol. The van der Waals surface area contributed by atoms with Gasteiger partial charge in [0.25, 0.3) is 0 Å². The minimum atomic E-state index is -0.612. The molecular formula is C17H20N4O4. The Morgan fingerprint density at radius 1 is 1.00 bits per heavy atom. The average Bonchev–Trinajstić information content (AvgIpc) is 2.54. The van der Waals surface area contributed by atoms with Crippen molar-refractivity contribution in [2.24, 2.45) is 0 Å². The molecule has 1 aromatic carbocycles. The topological polar surface area (TPSA) is 102 Å². The summed E-state index contributed by atoms with van der Waals surface area (Å²) < 4.78 is 9.88. The lowest BCUT2D eigenvalue weighted by molar-refractivity contribution is 0.0599. The molecule has 8 nitrogen and oxygen atoms in total. The quantitative estimate of drug-likeness (QED) is 0.820. The molecule has 25 heavy (non-hydrogen) atoms. The summed E-state index contributed by atoms with van der Waals surface area (Å²) in [6.07, 6.45) is -0.612. The van der Waals surface area contributed by atoms with Gasteiger partial charge in [-0.3, -0.25) is 5.32 Å². The summed E-state index contributed by atoms with van der Waals surface area (Å²) in [5.41, 5.74) is 0.315. The SMILES string of the molecule is COC(=O)c1ccccc1Nc1ccc(NC(=O)OC(C)(C)C)nn1. The number of benzene rings is 1. The summed E-state index contributed by atoms with van der Waals surface area (Å²) in [5, 5.41) is 13.3. The van der Waals surface area contributed by atoms with Crippen LogP contribution in [0.3, 0.4) is 0 Å². The van der Waals surface area contributed by atoms with Crippen LogP contribution < -0.4 is 10.6 Å². The first-order valence-corrected chi connectivity index (χ1v) is 7.56. The van der Waals surface area contributed by atoms with Crippen LogP contribution in [0.4, 0.5) is 22.1 Å². The van der Waals surface area contributed by atoms with Crippen molar-refractivity contribution < 1.29 is 19.1 Å². The molecule has 0 saturated carbocycles. The minimum Gasteiger partial charge on any atom is -0.465 e. The van der Waals surface area contributed by atoms with Crippen LogP contribution in [0.15, 0.2) is 36.4 Å². The summed E-state index contributed by atoms with van der Waals surface area (Å²) in [4.78, 5) is 23.4. The number of aromatic nitrogens is 2. The number of hydrogen-bond acceptors (Lipinski definition) is 7. The van der Waals surface area contributed by atoms with Gasteiger partial charge in [-0.15, -0.1) is 10.2 Å². The first-order valence-electron chi connectivity index (χ1n) is 7.56. The Morgan fingerprint density at radius 3 is 2.24 bits per heavy atom. The van der Waals surface area contributed by atoms with Crippen molar-refractivity contribution in [3.05, 3.63) is 42.0 Å². The highest BCUT2D eigenvalue weighted by atomic mass is 16.6. The smallest absolute Gasteiger partial charge is 0.413 e. The molecule has 8 heteroatoms. The Hall–Kier alpha value is -3.16. The van der Waals surface area contributed by atoms with Crippen LogP contribution in [-0.4, -0.2) is 35.0 Å². The summed E-state index contributed by atoms with van der Waals surface area (Å²) in [5.74, 6) is 0.200. The fourth-order valence-corrected chi connectivity index (χ4v) is 1.89. The Bertz CT molecular complexity index is 754. The average molecular weight is 344 g/mol. The molecule has 0 saturated heterocycles. The fraction of sp³-hybridized carbons (Fsp3) is 0.294. The maximum absolute atomic E-state index is 11.8. The van der Waals surface area contributed by atoms with Gasteiger partial charge in [0.2, 0.25) is 0 Å². The van der Waals surface area contributed by atoms with Crippen molar-refractivity contribution in [3.63, 3.8) is 0 Å². The number of ether oxygens (including phenoxy) is 2. The number of esters is 1. The van der Waals surface area contributed by atoms with E-state index in [1.54, 1.807) is 57.2 Å². The molecule has 1 aromatic heterocycles. The molecular weight excluding hydrogens is 324 g/mol. The third-order valence-electron chi connectivity index (χ3n) is 2.89. The van der Waals surface area contributed by atoms with Crippen LogP contribution in [0.1, 0.15) is 31.1 Å². The van der Waals surface area contributed by atoms with Gasteiger partial charge in [-0.25, -0.2) is 9.59 Å². The number of carbonyl (C=O) groups excluding carboxylic acids is 2. The number of amides is 1.